The van der Waals surface area contributed by atoms with E-state index in [2.05, 4.69) is 9.97 Å². The van der Waals surface area contributed by atoms with Crippen molar-refractivity contribution in [1.82, 2.24) is 9.97 Å². The number of nitrogens with one attached hydrogen (secondary N) is 1. The molecule has 0 aliphatic carbocycles. The number of benzene rings is 1. The van der Waals surface area contributed by atoms with Gasteiger partial charge in [0.05, 0.1) is 25.6 Å². The Kier molecular flexibility index (Phi) is 4.16. The van der Waals surface area contributed by atoms with Crippen molar-refractivity contribution >= 4 is 0 Å². The average Bonchev–Trinajstić information content (AvgIpc) is 2.89. The van der Waals surface area contributed by atoms with Crippen LogP contribution in [-0.4, -0.2) is 28.8 Å². The molecular weight excluding hydrogens is 247 g/mol. The van der Waals surface area contributed by atoms with Gasteiger partial charge in [0.2, 0.25) is 0 Å². The first-order chi connectivity index (χ1) is 9.19. The van der Waals surface area contributed by atoms with Gasteiger partial charge >= 0.3 is 0 Å². The van der Waals surface area contributed by atoms with Crippen LogP contribution < -0.4 is 4.74 Å². The highest BCUT2D eigenvalue weighted by atomic mass is 19.1. The summed E-state index contributed by atoms with van der Waals surface area (Å²) >= 11 is 0. The van der Waals surface area contributed by atoms with E-state index in [1.54, 1.807) is 12.3 Å². The maximum Gasteiger partial charge on any atom is 0.128 e. The normalized spacial score (nSPS) is 12.4. The fraction of sp³-hybridized carbons (Fsp3) is 0.357. The fourth-order valence-corrected chi connectivity index (χ4v) is 1.98. The van der Waals surface area contributed by atoms with Crippen LogP contribution in [0.4, 0.5) is 4.39 Å². The summed E-state index contributed by atoms with van der Waals surface area (Å²) in [7, 11) is 1.54. The van der Waals surface area contributed by atoms with E-state index in [-0.39, 0.29) is 18.3 Å². The van der Waals surface area contributed by atoms with E-state index in [9.17, 15) is 9.50 Å². The lowest BCUT2D eigenvalue weighted by Gasteiger charge is -2.08. The third-order valence-electron chi connectivity index (χ3n) is 3.15. The summed E-state index contributed by atoms with van der Waals surface area (Å²) in [5.74, 6) is 0.911. The number of hydrogen-bond acceptors (Lipinski definition) is 3. The van der Waals surface area contributed by atoms with Crippen LogP contribution in [0.1, 0.15) is 25.1 Å². The Morgan fingerprint density at radius 2 is 2.26 bits per heavy atom. The summed E-state index contributed by atoms with van der Waals surface area (Å²) in [4.78, 5) is 7.36. The Labute approximate surface area is 111 Å². The summed E-state index contributed by atoms with van der Waals surface area (Å²) in [5, 5.41) is 9.26. The predicted molar refractivity (Wildman–Crippen MR) is 70.7 cm³/mol. The molecule has 0 fully saturated rings. The number of aromatic nitrogens is 2. The number of halogens is 1. The molecule has 1 unspecified atom stereocenters. The molecule has 0 aliphatic heterocycles. The van der Waals surface area contributed by atoms with Gasteiger partial charge in [-0.15, -0.1) is 0 Å². The number of aliphatic hydroxyl groups excluding tert-OH is 1. The summed E-state index contributed by atoms with van der Waals surface area (Å²) in [6, 6.07) is 4.33. The van der Waals surface area contributed by atoms with Gasteiger partial charge in [0.25, 0.3) is 0 Å². The Morgan fingerprint density at radius 1 is 1.47 bits per heavy atom. The van der Waals surface area contributed by atoms with Crippen LogP contribution in [0, 0.1) is 5.82 Å². The first kappa shape index (κ1) is 13.5. The summed E-state index contributed by atoms with van der Waals surface area (Å²) in [5.41, 5.74) is 1.30. The van der Waals surface area contributed by atoms with Gasteiger partial charge in [0.1, 0.15) is 17.4 Å². The molecule has 0 bridgehead atoms. The number of rotatable bonds is 5. The van der Waals surface area contributed by atoms with E-state index in [0.717, 1.165) is 6.42 Å². The summed E-state index contributed by atoms with van der Waals surface area (Å²) < 4.78 is 18.6. The maximum atomic E-state index is 13.3. The molecule has 5 heteroatoms. The van der Waals surface area contributed by atoms with Gasteiger partial charge in [-0.25, -0.2) is 9.37 Å². The predicted octanol–water partition coefficient (Wildman–Crippen LogP) is 2.71. The van der Waals surface area contributed by atoms with Gasteiger partial charge in [-0.2, -0.15) is 0 Å². The van der Waals surface area contributed by atoms with Gasteiger partial charge in [-0.3, -0.25) is 0 Å². The third-order valence-corrected chi connectivity index (χ3v) is 3.15. The Morgan fingerprint density at radius 3 is 2.89 bits per heavy atom. The van der Waals surface area contributed by atoms with Gasteiger partial charge in [0.15, 0.2) is 0 Å². The lowest BCUT2D eigenvalue weighted by molar-refractivity contribution is 0.258. The molecule has 19 heavy (non-hydrogen) atoms. The van der Waals surface area contributed by atoms with Gasteiger partial charge in [-0.1, -0.05) is 6.92 Å². The molecule has 1 atom stereocenters. The Balaban J connectivity index is 2.40. The van der Waals surface area contributed by atoms with E-state index < -0.39 is 0 Å². The lowest BCUT2D eigenvalue weighted by Crippen LogP contribution is -2.04. The molecule has 0 saturated heterocycles. The van der Waals surface area contributed by atoms with Gasteiger partial charge < -0.3 is 14.8 Å². The average molecular weight is 264 g/mol. The van der Waals surface area contributed by atoms with Crippen molar-refractivity contribution < 1.29 is 14.2 Å². The monoisotopic (exact) mass is 264 g/mol. The first-order valence-electron chi connectivity index (χ1n) is 6.19. The Hall–Kier alpha value is -1.88. The number of hydrogen-bond donors (Lipinski definition) is 2. The van der Waals surface area contributed by atoms with Crippen molar-refractivity contribution in [2.24, 2.45) is 0 Å². The number of imidazole rings is 1. The highest BCUT2D eigenvalue weighted by molar-refractivity contribution is 5.66. The smallest absolute Gasteiger partial charge is 0.128 e. The molecule has 4 nitrogen and oxygen atoms in total. The van der Waals surface area contributed by atoms with Crippen molar-refractivity contribution in [3.8, 4) is 17.0 Å². The molecule has 0 radical (unpaired) electrons. The second-order valence-electron chi connectivity index (χ2n) is 4.31. The van der Waals surface area contributed by atoms with Crippen molar-refractivity contribution in [2.75, 3.05) is 13.7 Å². The van der Waals surface area contributed by atoms with E-state index in [4.69, 9.17) is 4.74 Å². The van der Waals surface area contributed by atoms with E-state index in [0.29, 0.717) is 22.8 Å². The maximum absolute atomic E-state index is 13.3. The standard InChI is InChI=1S/C14H17FN2O2/c1-3-9(8-18)14-16-7-12(17-14)11-6-10(15)4-5-13(11)19-2/h4-7,9,18H,3,8H2,1-2H3,(H,16,17). The molecule has 2 aromatic rings. The van der Waals surface area contributed by atoms with Crippen LogP contribution in [0.3, 0.4) is 0 Å². The molecule has 1 aromatic carbocycles. The molecule has 0 saturated carbocycles. The number of methoxy groups -OCH3 is 1. The van der Waals surface area contributed by atoms with Crippen LogP contribution in [0.5, 0.6) is 5.75 Å². The third kappa shape index (κ3) is 2.76. The number of ether oxygens (including phenoxy) is 1. The molecular formula is C14H17FN2O2. The van der Waals surface area contributed by atoms with E-state index in [1.165, 1.54) is 19.2 Å². The quantitative estimate of drug-likeness (QED) is 0.873. The number of nitrogens with zero attached hydrogens (tertiary/aromatic N) is 1. The van der Waals surface area contributed by atoms with Crippen molar-refractivity contribution in [1.29, 1.82) is 0 Å². The van der Waals surface area contributed by atoms with E-state index in [1.807, 2.05) is 6.92 Å². The number of H-pyrrole nitrogens is 1. The minimum Gasteiger partial charge on any atom is -0.496 e. The molecule has 0 aliphatic rings. The SMILES string of the molecule is CCC(CO)c1ncc(-c2cc(F)ccc2OC)[nH]1. The van der Waals surface area contributed by atoms with Gasteiger partial charge in [0, 0.05) is 11.5 Å². The molecule has 0 amide bonds. The van der Waals surface area contributed by atoms with Crippen LogP contribution in [0.25, 0.3) is 11.3 Å². The minimum atomic E-state index is -0.332. The summed E-state index contributed by atoms with van der Waals surface area (Å²) in [6.07, 6.45) is 2.41. The molecule has 2 N–H and O–H groups in total. The minimum absolute atomic E-state index is 0.0315. The summed E-state index contributed by atoms with van der Waals surface area (Å²) in [6.45, 7) is 2.01. The molecule has 102 valence electrons. The molecule has 1 heterocycles. The topological polar surface area (TPSA) is 58.1 Å². The second kappa shape index (κ2) is 5.84. The fourth-order valence-electron chi connectivity index (χ4n) is 1.98. The van der Waals surface area contributed by atoms with Crippen molar-refractivity contribution in [3.05, 3.63) is 36.0 Å². The highest BCUT2D eigenvalue weighted by Gasteiger charge is 2.15. The Bertz CT molecular complexity index is 550. The van der Waals surface area contributed by atoms with Crippen LogP contribution in [0.15, 0.2) is 24.4 Å². The van der Waals surface area contributed by atoms with E-state index >= 15 is 0 Å². The zero-order valence-corrected chi connectivity index (χ0v) is 11.0. The lowest BCUT2D eigenvalue weighted by atomic mass is 10.1. The number of aliphatic hydroxyl groups is 1. The largest absolute Gasteiger partial charge is 0.496 e. The van der Waals surface area contributed by atoms with Crippen LogP contribution in [-0.2, 0) is 0 Å². The number of aromatic amines is 1. The van der Waals surface area contributed by atoms with Crippen LogP contribution >= 0.6 is 0 Å². The van der Waals surface area contributed by atoms with Crippen molar-refractivity contribution in [3.63, 3.8) is 0 Å². The van der Waals surface area contributed by atoms with Gasteiger partial charge in [-0.05, 0) is 24.6 Å². The van der Waals surface area contributed by atoms with Crippen LogP contribution in [0.2, 0.25) is 0 Å². The molecule has 2 rings (SSSR count). The zero-order chi connectivity index (χ0) is 13.8. The molecule has 0 spiro atoms. The molecule has 1 aromatic heterocycles. The second-order valence-corrected chi connectivity index (χ2v) is 4.31. The zero-order valence-electron chi connectivity index (χ0n) is 11.0. The first-order valence-corrected chi connectivity index (χ1v) is 6.19. The van der Waals surface area contributed by atoms with Crippen molar-refractivity contribution in [2.45, 2.75) is 19.3 Å². The highest BCUT2D eigenvalue weighted by Crippen LogP contribution is 2.30.